The van der Waals surface area contributed by atoms with Gasteiger partial charge in [0.1, 0.15) is 5.69 Å². The smallest absolute Gasteiger partial charge is 0.299 e. The van der Waals surface area contributed by atoms with Crippen molar-refractivity contribution in [2.24, 2.45) is 0 Å². The first-order chi connectivity index (χ1) is 8.86. The molecule has 1 rings (SSSR count). The van der Waals surface area contributed by atoms with Crippen molar-refractivity contribution in [1.29, 1.82) is 0 Å². The molecule has 0 fully saturated rings. The summed E-state index contributed by atoms with van der Waals surface area (Å²) in [7, 11) is 0. The third-order valence-corrected chi connectivity index (χ3v) is 2.50. The van der Waals surface area contributed by atoms with Gasteiger partial charge in [0.05, 0.1) is 28.6 Å². The second-order valence-corrected chi connectivity index (χ2v) is 3.94. The Morgan fingerprint density at radius 1 is 1.42 bits per heavy atom. The van der Waals surface area contributed by atoms with Gasteiger partial charge in [0.2, 0.25) is 0 Å². The number of nitro benzene ring substituents is 2. The third-order valence-electron chi connectivity index (χ3n) is 2.50. The van der Waals surface area contributed by atoms with E-state index < -0.39 is 21.6 Å². The standard InChI is InChI=1S/C11H13N3O5/c1-7(2)10(6-15)12-9-4-3-8(13(16)17)5-11(9)14(18)19/h3-5,10,12,15H,1,6H2,2H3. The predicted molar refractivity (Wildman–Crippen MR) is 69.1 cm³/mol. The minimum absolute atomic E-state index is 0.0950. The number of rotatable bonds is 6. The molecular formula is C11H13N3O5. The summed E-state index contributed by atoms with van der Waals surface area (Å²) in [5, 5.41) is 33.3. The van der Waals surface area contributed by atoms with Crippen molar-refractivity contribution in [3.63, 3.8) is 0 Å². The monoisotopic (exact) mass is 267 g/mol. The summed E-state index contributed by atoms with van der Waals surface area (Å²) in [6, 6.07) is 2.71. The van der Waals surface area contributed by atoms with Gasteiger partial charge in [-0.25, -0.2) is 0 Å². The Morgan fingerprint density at radius 2 is 2.05 bits per heavy atom. The molecule has 0 spiro atoms. The van der Waals surface area contributed by atoms with Gasteiger partial charge in [-0.2, -0.15) is 0 Å². The Kier molecular flexibility index (Phi) is 4.54. The van der Waals surface area contributed by atoms with Crippen LogP contribution >= 0.6 is 0 Å². The van der Waals surface area contributed by atoms with Crippen LogP contribution in [0.25, 0.3) is 0 Å². The number of nitrogens with zero attached hydrogens (tertiary/aromatic N) is 2. The number of benzene rings is 1. The summed E-state index contributed by atoms with van der Waals surface area (Å²) < 4.78 is 0. The number of nitrogens with one attached hydrogen (secondary N) is 1. The summed E-state index contributed by atoms with van der Waals surface area (Å²) >= 11 is 0. The summed E-state index contributed by atoms with van der Waals surface area (Å²) in [6.45, 7) is 5.01. The number of nitro groups is 2. The molecule has 0 saturated heterocycles. The lowest BCUT2D eigenvalue weighted by molar-refractivity contribution is -0.393. The van der Waals surface area contributed by atoms with Gasteiger partial charge >= 0.3 is 0 Å². The van der Waals surface area contributed by atoms with Crippen LogP contribution < -0.4 is 5.32 Å². The first-order valence-corrected chi connectivity index (χ1v) is 5.32. The van der Waals surface area contributed by atoms with E-state index in [0.717, 1.165) is 12.1 Å². The molecule has 1 atom stereocenters. The van der Waals surface area contributed by atoms with E-state index in [4.69, 9.17) is 5.11 Å². The second kappa shape index (κ2) is 5.91. The van der Waals surface area contributed by atoms with Gasteiger partial charge < -0.3 is 10.4 Å². The van der Waals surface area contributed by atoms with E-state index in [1.807, 2.05) is 0 Å². The lowest BCUT2D eigenvalue weighted by Crippen LogP contribution is -2.25. The zero-order chi connectivity index (χ0) is 14.6. The molecule has 0 aliphatic rings. The lowest BCUT2D eigenvalue weighted by atomic mass is 10.1. The maximum atomic E-state index is 10.9. The Balaban J connectivity index is 3.16. The average molecular weight is 267 g/mol. The molecule has 102 valence electrons. The summed E-state index contributed by atoms with van der Waals surface area (Å²) in [5.74, 6) is 0. The molecule has 0 aliphatic carbocycles. The molecule has 8 heteroatoms. The van der Waals surface area contributed by atoms with E-state index in [0.29, 0.717) is 5.57 Å². The first kappa shape index (κ1) is 14.6. The zero-order valence-electron chi connectivity index (χ0n) is 10.2. The minimum Gasteiger partial charge on any atom is -0.394 e. The van der Waals surface area contributed by atoms with Crippen LogP contribution in [0.5, 0.6) is 0 Å². The van der Waals surface area contributed by atoms with Crippen LogP contribution in [0.4, 0.5) is 17.1 Å². The van der Waals surface area contributed by atoms with E-state index in [9.17, 15) is 20.2 Å². The normalized spacial score (nSPS) is 11.7. The minimum atomic E-state index is -0.720. The van der Waals surface area contributed by atoms with Gasteiger partial charge in [0, 0.05) is 6.07 Å². The number of anilines is 1. The van der Waals surface area contributed by atoms with Gasteiger partial charge in [-0.05, 0) is 13.0 Å². The fourth-order valence-electron chi connectivity index (χ4n) is 1.42. The van der Waals surface area contributed by atoms with Crippen LogP contribution in [-0.2, 0) is 0 Å². The van der Waals surface area contributed by atoms with Crippen LogP contribution in [0.2, 0.25) is 0 Å². The molecule has 8 nitrogen and oxygen atoms in total. The van der Waals surface area contributed by atoms with Gasteiger partial charge in [-0.15, -0.1) is 0 Å². The molecule has 0 radical (unpaired) electrons. The average Bonchev–Trinajstić information content (AvgIpc) is 2.35. The Labute approximate surface area is 108 Å². The van der Waals surface area contributed by atoms with Crippen molar-refractivity contribution in [3.05, 3.63) is 50.6 Å². The van der Waals surface area contributed by atoms with Gasteiger partial charge in [-0.1, -0.05) is 12.2 Å². The molecule has 19 heavy (non-hydrogen) atoms. The summed E-state index contributed by atoms with van der Waals surface area (Å²) in [6.07, 6.45) is 0. The molecule has 2 N–H and O–H groups in total. The number of hydrogen-bond acceptors (Lipinski definition) is 6. The number of aliphatic hydroxyl groups is 1. The molecule has 1 unspecified atom stereocenters. The fourth-order valence-corrected chi connectivity index (χ4v) is 1.42. The molecule has 1 aromatic rings. The van der Waals surface area contributed by atoms with Crippen molar-refractivity contribution in [2.45, 2.75) is 13.0 Å². The number of non-ortho nitro benzene ring substituents is 1. The molecule has 0 saturated carbocycles. The van der Waals surface area contributed by atoms with E-state index in [1.54, 1.807) is 6.92 Å². The van der Waals surface area contributed by atoms with E-state index in [-0.39, 0.29) is 18.0 Å². The fraction of sp³-hybridized carbons (Fsp3) is 0.273. The van der Waals surface area contributed by atoms with E-state index in [2.05, 4.69) is 11.9 Å². The Morgan fingerprint density at radius 3 is 2.47 bits per heavy atom. The van der Waals surface area contributed by atoms with E-state index in [1.165, 1.54) is 6.07 Å². The molecule has 0 bridgehead atoms. The number of hydrogen-bond donors (Lipinski definition) is 2. The summed E-state index contributed by atoms with van der Waals surface area (Å²) in [4.78, 5) is 20.0. The van der Waals surface area contributed by atoms with Gasteiger partial charge in [0.25, 0.3) is 11.4 Å². The Bertz CT molecular complexity index is 529. The van der Waals surface area contributed by atoms with Gasteiger partial charge in [0.15, 0.2) is 0 Å². The van der Waals surface area contributed by atoms with Crippen LogP contribution in [0.1, 0.15) is 6.92 Å². The third kappa shape index (κ3) is 3.49. The SMILES string of the molecule is C=C(C)C(CO)Nc1ccc([N+](=O)[O-])cc1[N+](=O)[O-]. The lowest BCUT2D eigenvalue weighted by Gasteiger charge is -2.17. The van der Waals surface area contributed by atoms with Crippen molar-refractivity contribution in [3.8, 4) is 0 Å². The van der Waals surface area contributed by atoms with Crippen molar-refractivity contribution < 1.29 is 15.0 Å². The van der Waals surface area contributed by atoms with Gasteiger partial charge in [-0.3, -0.25) is 20.2 Å². The predicted octanol–water partition coefficient (Wildman–Crippen LogP) is 1.85. The quantitative estimate of drug-likeness (QED) is 0.461. The molecule has 0 heterocycles. The topological polar surface area (TPSA) is 119 Å². The van der Waals surface area contributed by atoms with Crippen molar-refractivity contribution in [1.82, 2.24) is 0 Å². The van der Waals surface area contributed by atoms with Crippen LogP contribution in [-0.4, -0.2) is 27.6 Å². The highest BCUT2D eigenvalue weighted by Crippen LogP contribution is 2.29. The molecule has 0 aromatic heterocycles. The highest BCUT2D eigenvalue weighted by molar-refractivity contribution is 5.66. The maximum absolute atomic E-state index is 10.9. The first-order valence-electron chi connectivity index (χ1n) is 5.32. The summed E-state index contributed by atoms with van der Waals surface area (Å²) in [5.41, 5.74) is -0.102. The second-order valence-electron chi connectivity index (χ2n) is 3.94. The Hall–Kier alpha value is -2.48. The number of aliphatic hydroxyl groups excluding tert-OH is 1. The molecule has 0 amide bonds. The highest BCUT2D eigenvalue weighted by atomic mass is 16.6. The largest absolute Gasteiger partial charge is 0.394 e. The molecule has 1 aromatic carbocycles. The molecule has 0 aliphatic heterocycles. The van der Waals surface area contributed by atoms with Crippen molar-refractivity contribution >= 4 is 17.1 Å². The van der Waals surface area contributed by atoms with Crippen LogP contribution in [0.15, 0.2) is 30.4 Å². The highest BCUT2D eigenvalue weighted by Gasteiger charge is 2.21. The maximum Gasteiger partial charge on any atom is 0.299 e. The molecular weight excluding hydrogens is 254 g/mol. The van der Waals surface area contributed by atoms with Crippen molar-refractivity contribution in [2.75, 3.05) is 11.9 Å². The van der Waals surface area contributed by atoms with Crippen LogP contribution in [0.3, 0.4) is 0 Å². The van der Waals surface area contributed by atoms with E-state index >= 15 is 0 Å². The van der Waals surface area contributed by atoms with Crippen LogP contribution in [0, 0.1) is 20.2 Å². The zero-order valence-corrected chi connectivity index (χ0v) is 10.2.